The van der Waals surface area contributed by atoms with E-state index in [9.17, 15) is 0 Å². The highest BCUT2D eigenvalue weighted by atomic mass is 79.9. The van der Waals surface area contributed by atoms with E-state index in [1.54, 1.807) is 0 Å². The van der Waals surface area contributed by atoms with Crippen molar-refractivity contribution in [2.24, 2.45) is 0 Å². The lowest BCUT2D eigenvalue weighted by molar-refractivity contribution is 0.0893. The molecule has 1 aliphatic rings. The van der Waals surface area contributed by atoms with Crippen molar-refractivity contribution in [3.8, 4) is 0 Å². The molecule has 0 bridgehead atoms. The summed E-state index contributed by atoms with van der Waals surface area (Å²) in [5.74, 6) is 0. The van der Waals surface area contributed by atoms with Crippen molar-refractivity contribution in [2.75, 3.05) is 31.6 Å². The van der Waals surface area contributed by atoms with E-state index in [2.05, 4.69) is 58.2 Å². The van der Waals surface area contributed by atoms with Crippen molar-refractivity contribution < 1.29 is 4.74 Å². The second kappa shape index (κ2) is 8.16. The third-order valence-corrected chi connectivity index (χ3v) is 4.86. The zero-order valence-corrected chi connectivity index (χ0v) is 14.9. The van der Waals surface area contributed by atoms with Gasteiger partial charge in [0.1, 0.15) is 0 Å². The topological polar surface area (TPSA) is 24.5 Å². The zero-order valence-electron chi connectivity index (χ0n) is 13.4. The van der Waals surface area contributed by atoms with Crippen LogP contribution in [-0.2, 0) is 4.74 Å². The summed E-state index contributed by atoms with van der Waals surface area (Å²) in [6, 6.07) is 7.12. The van der Waals surface area contributed by atoms with Crippen molar-refractivity contribution in [3.63, 3.8) is 0 Å². The first kappa shape index (κ1) is 16.8. The van der Waals surface area contributed by atoms with Gasteiger partial charge in [-0.1, -0.05) is 13.0 Å². The number of nitrogens with one attached hydrogen (secondary N) is 1. The van der Waals surface area contributed by atoms with Crippen LogP contribution in [0.2, 0.25) is 0 Å². The largest absolute Gasteiger partial charge is 0.380 e. The number of methoxy groups -OCH3 is 1. The summed E-state index contributed by atoms with van der Waals surface area (Å²) < 4.78 is 6.70. The van der Waals surface area contributed by atoms with Crippen LogP contribution >= 0.6 is 15.9 Å². The summed E-state index contributed by atoms with van der Waals surface area (Å²) in [5, 5.41) is 3.54. The van der Waals surface area contributed by atoms with Crippen LogP contribution in [-0.4, -0.2) is 32.8 Å². The van der Waals surface area contributed by atoms with Crippen LogP contribution < -0.4 is 10.2 Å². The normalized spacial score (nSPS) is 20.6. The maximum atomic E-state index is 5.52. The maximum absolute atomic E-state index is 5.52. The van der Waals surface area contributed by atoms with Crippen LogP contribution in [0.5, 0.6) is 0 Å². The molecule has 2 atom stereocenters. The molecule has 0 amide bonds. The first-order valence-electron chi connectivity index (χ1n) is 7.96. The Hall–Kier alpha value is -0.580. The van der Waals surface area contributed by atoms with Gasteiger partial charge in [-0.15, -0.1) is 0 Å². The number of anilines is 1. The average molecular weight is 355 g/mol. The number of halogens is 1. The monoisotopic (exact) mass is 354 g/mol. The molecule has 118 valence electrons. The van der Waals surface area contributed by atoms with E-state index in [0.717, 1.165) is 26.1 Å². The van der Waals surface area contributed by atoms with Gasteiger partial charge in [0.25, 0.3) is 0 Å². The maximum Gasteiger partial charge on any atom is 0.0746 e. The molecule has 1 aliphatic heterocycles. The molecular formula is C17H27BrN2O. The smallest absolute Gasteiger partial charge is 0.0746 e. The van der Waals surface area contributed by atoms with Crippen molar-refractivity contribution >= 4 is 21.6 Å². The number of benzene rings is 1. The van der Waals surface area contributed by atoms with E-state index >= 15 is 0 Å². The quantitative estimate of drug-likeness (QED) is 0.831. The van der Waals surface area contributed by atoms with Gasteiger partial charge in [0.15, 0.2) is 0 Å². The molecule has 0 aromatic heterocycles. The van der Waals surface area contributed by atoms with E-state index in [4.69, 9.17) is 4.74 Å². The predicted octanol–water partition coefficient (Wildman–Crippen LogP) is 4.12. The molecule has 1 heterocycles. The Morgan fingerprint density at radius 3 is 2.95 bits per heavy atom. The minimum Gasteiger partial charge on any atom is -0.380 e. The Bertz CT molecular complexity index is 452. The molecule has 3 nitrogen and oxygen atoms in total. The van der Waals surface area contributed by atoms with Gasteiger partial charge >= 0.3 is 0 Å². The number of nitrogens with zero attached hydrogens (tertiary/aromatic N) is 1. The Labute approximate surface area is 137 Å². The Morgan fingerprint density at radius 1 is 1.48 bits per heavy atom. The molecule has 2 unspecified atom stereocenters. The third kappa shape index (κ3) is 4.44. The van der Waals surface area contributed by atoms with Gasteiger partial charge in [-0.25, -0.2) is 0 Å². The number of ether oxygens (including phenoxy) is 1. The van der Waals surface area contributed by atoms with Crippen molar-refractivity contribution in [3.05, 3.63) is 28.2 Å². The molecule has 21 heavy (non-hydrogen) atoms. The summed E-state index contributed by atoms with van der Waals surface area (Å²) in [4.78, 5) is 2.43. The van der Waals surface area contributed by atoms with Crippen molar-refractivity contribution in [2.45, 2.75) is 45.3 Å². The van der Waals surface area contributed by atoms with Gasteiger partial charge in [0.05, 0.1) is 11.8 Å². The molecule has 2 rings (SSSR count). The number of hydrogen-bond acceptors (Lipinski definition) is 3. The molecule has 1 aromatic carbocycles. The average Bonchev–Trinajstić information content (AvgIpc) is 2.52. The van der Waals surface area contributed by atoms with E-state index in [1.165, 1.54) is 28.6 Å². The van der Waals surface area contributed by atoms with E-state index in [-0.39, 0.29) is 0 Å². The fourth-order valence-electron chi connectivity index (χ4n) is 2.88. The van der Waals surface area contributed by atoms with E-state index < -0.39 is 0 Å². The molecule has 4 heteroatoms. The van der Waals surface area contributed by atoms with Crippen molar-refractivity contribution in [1.82, 2.24) is 5.32 Å². The van der Waals surface area contributed by atoms with Gasteiger partial charge < -0.3 is 15.0 Å². The Kier molecular flexibility index (Phi) is 6.52. The highest BCUT2D eigenvalue weighted by Gasteiger charge is 2.21. The molecular weight excluding hydrogens is 328 g/mol. The summed E-state index contributed by atoms with van der Waals surface area (Å²) in [6.07, 6.45) is 3.88. The van der Waals surface area contributed by atoms with Gasteiger partial charge in [0.2, 0.25) is 0 Å². The van der Waals surface area contributed by atoms with E-state index in [1.807, 2.05) is 7.11 Å². The lowest BCUT2D eigenvalue weighted by Crippen LogP contribution is -2.39. The predicted molar refractivity (Wildman–Crippen MR) is 93.1 cm³/mol. The minimum absolute atomic E-state index is 0.357. The SMILES string of the molecule is CCCNC(C)c1ccc(N2CCCC(OC)C2)c(Br)c1. The highest BCUT2D eigenvalue weighted by molar-refractivity contribution is 9.10. The minimum atomic E-state index is 0.357. The lowest BCUT2D eigenvalue weighted by atomic mass is 10.0. The van der Waals surface area contributed by atoms with Crippen LogP contribution in [0.4, 0.5) is 5.69 Å². The number of piperidine rings is 1. The second-order valence-corrected chi connectivity index (χ2v) is 6.69. The van der Waals surface area contributed by atoms with Gasteiger partial charge in [0, 0.05) is 30.7 Å². The Morgan fingerprint density at radius 2 is 2.29 bits per heavy atom. The lowest BCUT2D eigenvalue weighted by Gasteiger charge is -2.34. The first-order valence-corrected chi connectivity index (χ1v) is 8.75. The van der Waals surface area contributed by atoms with Gasteiger partial charge in [-0.3, -0.25) is 0 Å². The summed E-state index contributed by atoms with van der Waals surface area (Å²) >= 11 is 3.75. The first-order chi connectivity index (χ1) is 10.2. The van der Waals surface area contributed by atoms with E-state index in [0.29, 0.717) is 12.1 Å². The summed E-state index contributed by atoms with van der Waals surface area (Å²) in [7, 11) is 1.81. The van der Waals surface area contributed by atoms with Crippen LogP contribution in [0.3, 0.4) is 0 Å². The molecule has 1 aromatic rings. The molecule has 1 N–H and O–H groups in total. The Balaban J connectivity index is 2.08. The van der Waals surface area contributed by atoms with Crippen LogP contribution in [0.15, 0.2) is 22.7 Å². The summed E-state index contributed by atoms with van der Waals surface area (Å²) in [5.41, 5.74) is 2.61. The number of hydrogen-bond donors (Lipinski definition) is 1. The fraction of sp³-hybridized carbons (Fsp3) is 0.647. The highest BCUT2D eigenvalue weighted by Crippen LogP contribution is 2.31. The molecule has 0 spiro atoms. The molecule has 1 saturated heterocycles. The third-order valence-electron chi connectivity index (χ3n) is 4.22. The van der Waals surface area contributed by atoms with Crippen LogP contribution in [0.1, 0.15) is 44.7 Å². The summed E-state index contributed by atoms with van der Waals surface area (Å²) in [6.45, 7) is 7.57. The molecule has 0 aliphatic carbocycles. The molecule has 0 saturated carbocycles. The second-order valence-electron chi connectivity index (χ2n) is 5.83. The van der Waals surface area contributed by atoms with Gasteiger partial charge in [-0.05, 0) is 66.4 Å². The van der Waals surface area contributed by atoms with Gasteiger partial charge in [-0.2, -0.15) is 0 Å². The molecule has 1 fully saturated rings. The van der Waals surface area contributed by atoms with Crippen molar-refractivity contribution in [1.29, 1.82) is 0 Å². The van der Waals surface area contributed by atoms with Crippen LogP contribution in [0.25, 0.3) is 0 Å². The number of rotatable bonds is 6. The zero-order chi connectivity index (χ0) is 15.2. The fourth-order valence-corrected chi connectivity index (χ4v) is 3.52. The molecule has 0 radical (unpaired) electrons. The standard InChI is InChI=1S/C17H27BrN2O/c1-4-9-19-13(2)14-7-8-17(16(18)11-14)20-10-5-6-15(12-20)21-3/h7-8,11,13,15,19H,4-6,9-10,12H2,1-3H3. The van der Waals surface area contributed by atoms with Crippen LogP contribution in [0, 0.1) is 0 Å².